The summed E-state index contributed by atoms with van der Waals surface area (Å²) in [7, 11) is 1.67. The lowest BCUT2D eigenvalue weighted by atomic mass is 10.2. The summed E-state index contributed by atoms with van der Waals surface area (Å²) in [5.74, 6) is 0.657. The second-order valence-corrected chi connectivity index (χ2v) is 4.46. The average Bonchev–Trinajstić information content (AvgIpc) is 2.40. The maximum atomic E-state index is 5.68. The number of methoxy groups -OCH3 is 1. The van der Waals surface area contributed by atoms with Crippen LogP contribution in [0.1, 0.15) is 11.1 Å². The fourth-order valence-corrected chi connectivity index (χ4v) is 1.91. The number of nitrogens with one attached hydrogen (secondary N) is 1. The molecule has 2 rings (SSSR count). The molecule has 1 aromatic heterocycles. The molecule has 3 N–H and O–H groups in total. The molecule has 0 aliphatic heterocycles. The van der Waals surface area contributed by atoms with Gasteiger partial charge in [0.25, 0.3) is 0 Å². The zero-order chi connectivity index (χ0) is 13.7. The van der Waals surface area contributed by atoms with Gasteiger partial charge >= 0.3 is 0 Å². The number of aromatic nitrogens is 1. The highest BCUT2D eigenvalue weighted by molar-refractivity contribution is 7.80. The second-order valence-electron chi connectivity index (χ2n) is 4.02. The Morgan fingerprint density at radius 2 is 2.21 bits per heavy atom. The molecule has 0 spiro atoms. The molecule has 0 aliphatic rings. The predicted molar refractivity (Wildman–Crippen MR) is 80.6 cm³/mol. The van der Waals surface area contributed by atoms with Gasteiger partial charge in [-0.25, -0.2) is 4.98 Å². The Morgan fingerprint density at radius 1 is 1.37 bits per heavy atom. The maximum absolute atomic E-state index is 5.68. The van der Waals surface area contributed by atoms with Gasteiger partial charge in [-0.3, -0.25) is 0 Å². The molecule has 19 heavy (non-hydrogen) atoms. The number of nitrogens with two attached hydrogens (primary N) is 1. The van der Waals surface area contributed by atoms with Crippen LogP contribution in [0.4, 0.5) is 11.5 Å². The molecule has 0 saturated heterocycles. The Balaban J connectivity index is 2.26. The first-order valence-corrected chi connectivity index (χ1v) is 6.21. The van der Waals surface area contributed by atoms with Gasteiger partial charge in [0.15, 0.2) is 0 Å². The van der Waals surface area contributed by atoms with Crippen LogP contribution in [0, 0.1) is 0 Å². The van der Waals surface area contributed by atoms with Crippen molar-refractivity contribution in [1.82, 2.24) is 4.98 Å². The highest BCUT2D eigenvalue weighted by atomic mass is 32.1. The molecule has 0 saturated carbocycles. The minimum Gasteiger partial charge on any atom is -0.389 e. The lowest BCUT2D eigenvalue weighted by Crippen LogP contribution is -2.12. The van der Waals surface area contributed by atoms with Gasteiger partial charge in [0, 0.05) is 19.0 Å². The quantitative estimate of drug-likeness (QED) is 0.820. The molecule has 5 heteroatoms. The minimum atomic E-state index is 0.323. The van der Waals surface area contributed by atoms with Gasteiger partial charge in [0.1, 0.15) is 10.8 Å². The van der Waals surface area contributed by atoms with Crippen LogP contribution in [0.25, 0.3) is 0 Å². The Kier molecular flexibility index (Phi) is 4.43. The molecule has 0 fully saturated rings. The van der Waals surface area contributed by atoms with Crippen molar-refractivity contribution in [3.63, 3.8) is 0 Å². The number of hydrogen-bond donors (Lipinski definition) is 2. The van der Waals surface area contributed by atoms with Crippen LogP contribution in [0.15, 0.2) is 42.6 Å². The van der Waals surface area contributed by atoms with Gasteiger partial charge in [0.05, 0.1) is 12.2 Å². The first kappa shape index (κ1) is 13.5. The summed E-state index contributed by atoms with van der Waals surface area (Å²) in [5, 5.41) is 3.22. The molecule has 1 heterocycles. The third-order valence-corrected chi connectivity index (χ3v) is 2.79. The zero-order valence-corrected chi connectivity index (χ0v) is 11.4. The van der Waals surface area contributed by atoms with Gasteiger partial charge in [-0.2, -0.15) is 0 Å². The molecular formula is C14H15N3OS. The maximum Gasteiger partial charge on any atom is 0.140 e. The summed E-state index contributed by atoms with van der Waals surface area (Å²) in [6, 6.07) is 11.6. The van der Waals surface area contributed by atoms with E-state index in [4.69, 9.17) is 22.7 Å². The van der Waals surface area contributed by atoms with E-state index in [2.05, 4.69) is 10.3 Å². The van der Waals surface area contributed by atoms with E-state index in [9.17, 15) is 0 Å². The van der Waals surface area contributed by atoms with Crippen molar-refractivity contribution in [3.05, 3.63) is 53.7 Å². The van der Waals surface area contributed by atoms with Crippen molar-refractivity contribution in [2.45, 2.75) is 6.61 Å². The number of rotatable bonds is 5. The first-order chi connectivity index (χ1) is 9.20. The Labute approximate surface area is 117 Å². The summed E-state index contributed by atoms with van der Waals surface area (Å²) in [6.45, 7) is 0.569. The predicted octanol–water partition coefficient (Wildman–Crippen LogP) is 2.61. The summed E-state index contributed by atoms with van der Waals surface area (Å²) in [6.07, 6.45) is 1.70. The van der Waals surface area contributed by atoms with E-state index < -0.39 is 0 Å². The summed E-state index contributed by atoms with van der Waals surface area (Å²) >= 11 is 5.01. The van der Waals surface area contributed by atoms with E-state index in [1.807, 2.05) is 30.3 Å². The van der Waals surface area contributed by atoms with Gasteiger partial charge in [-0.15, -0.1) is 0 Å². The van der Waals surface area contributed by atoms with Crippen molar-refractivity contribution in [2.24, 2.45) is 5.73 Å². The number of pyridine rings is 1. The number of hydrogen-bond acceptors (Lipinski definition) is 4. The normalized spacial score (nSPS) is 10.2. The molecule has 0 radical (unpaired) electrons. The molecule has 2 aromatic rings. The van der Waals surface area contributed by atoms with Crippen LogP contribution >= 0.6 is 12.2 Å². The lowest BCUT2D eigenvalue weighted by Gasteiger charge is -2.10. The van der Waals surface area contributed by atoms with Gasteiger partial charge in [0.2, 0.25) is 0 Å². The minimum absolute atomic E-state index is 0.323. The number of nitrogens with zero attached hydrogens (tertiary/aromatic N) is 1. The van der Waals surface area contributed by atoms with Gasteiger partial charge < -0.3 is 15.8 Å². The summed E-state index contributed by atoms with van der Waals surface area (Å²) < 4.78 is 5.11. The summed E-state index contributed by atoms with van der Waals surface area (Å²) in [5.41, 5.74) is 8.41. The lowest BCUT2D eigenvalue weighted by molar-refractivity contribution is 0.185. The van der Waals surface area contributed by atoms with Crippen molar-refractivity contribution in [3.8, 4) is 0 Å². The van der Waals surface area contributed by atoms with E-state index in [0.717, 1.165) is 16.8 Å². The number of anilines is 2. The number of benzene rings is 1. The van der Waals surface area contributed by atoms with Crippen LogP contribution in [-0.2, 0) is 11.3 Å². The zero-order valence-electron chi connectivity index (χ0n) is 10.6. The molecule has 0 unspecified atom stereocenters. The Morgan fingerprint density at radius 3 is 2.95 bits per heavy atom. The molecule has 1 aromatic carbocycles. The SMILES string of the molecule is COCc1cccc(Nc2ncccc2C(N)=S)c1. The third-order valence-electron chi connectivity index (χ3n) is 2.57. The summed E-state index contributed by atoms with van der Waals surface area (Å²) in [4.78, 5) is 4.58. The second kappa shape index (κ2) is 6.26. The molecule has 98 valence electrons. The van der Waals surface area contributed by atoms with Crippen LogP contribution in [0.5, 0.6) is 0 Å². The van der Waals surface area contributed by atoms with E-state index in [1.54, 1.807) is 19.4 Å². The van der Waals surface area contributed by atoms with Crippen molar-refractivity contribution in [2.75, 3.05) is 12.4 Å². The average molecular weight is 273 g/mol. The molecule has 0 bridgehead atoms. The van der Waals surface area contributed by atoms with Crippen LogP contribution in [-0.4, -0.2) is 17.1 Å². The van der Waals surface area contributed by atoms with Crippen molar-refractivity contribution >= 4 is 28.7 Å². The van der Waals surface area contributed by atoms with Crippen LogP contribution < -0.4 is 11.1 Å². The largest absolute Gasteiger partial charge is 0.389 e. The molecule has 0 amide bonds. The molecule has 0 atom stereocenters. The monoisotopic (exact) mass is 273 g/mol. The fourth-order valence-electron chi connectivity index (χ4n) is 1.75. The van der Waals surface area contributed by atoms with Crippen LogP contribution in [0.2, 0.25) is 0 Å². The topological polar surface area (TPSA) is 60.2 Å². The fraction of sp³-hybridized carbons (Fsp3) is 0.143. The smallest absolute Gasteiger partial charge is 0.140 e. The van der Waals surface area contributed by atoms with Crippen LogP contribution in [0.3, 0.4) is 0 Å². The highest BCUT2D eigenvalue weighted by Gasteiger charge is 2.06. The molecular weight excluding hydrogens is 258 g/mol. The van der Waals surface area contributed by atoms with E-state index in [1.165, 1.54) is 0 Å². The van der Waals surface area contributed by atoms with Gasteiger partial charge in [-0.1, -0.05) is 24.4 Å². The third kappa shape index (κ3) is 3.49. The van der Waals surface area contributed by atoms with Crippen molar-refractivity contribution < 1.29 is 4.74 Å². The van der Waals surface area contributed by atoms with Gasteiger partial charge in [-0.05, 0) is 29.8 Å². The number of ether oxygens (including phenoxy) is 1. The molecule has 0 aliphatic carbocycles. The molecule has 4 nitrogen and oxygen atoms in total. The van der Waals surface area contributed by atoms with E-state index >= 15 is 0 Å². The Bertz CT molecular complexity index is 586. The van der Waals surface area contributed by atoms with E-state index in [-0.39, 0.29) is 0 Å². The van der Waals surface area contributed by atoms with Crippen molar-refractivity contribution in [1.29, 1.82) is 0 Å². The first-order valence-electron chi connectivity index (χ1n) is 5.80. The Hall–Kier alpha value is -1.98. The number of thiocarbonyl (C=S) groups is 1. The highest BCUT2D eigenvalue weighted by Crippen LogP contribution is 2.19. The van der Waals surface area contributed by atoms with E-state index in [0.29, 0.717) is 17.4 Å². The standard InChI is InChI=1S/C14H15N3OS/c1-18-9-10-4-2-5-11(8-10)17-14-12(13(15)19)6-3-7-16-14/h2-8H,9H2,1H3,(H2,15,19)(H,16,17).